The van der Waals surface area contributed by atoms with Crippen LogP contribution in [0.2, 0.25) is 5.02 Å². The summed E-state index contributed by atoms with van der Waals surface area (Å²) in [5.74, 6) is 0.106. The molecule has 1 atom stereocenters. The number of anilines is 1. The quantitative estimate of drug-likeness (QED) is 0.553. The molecule has 0 aliphatic carbocycles. The van der Waals surface area contributed by atoms with Gasteiger partial charge in [0.25, 0.3) is 5.91 Å². The Morgan fingerprint density at radius 3 is 2.68 bits per heavy atom. The molecule has 3 rings (SSSR count). The van der Waals surface area contributed by atoms with Gasteiger partial charge in [0, 0.05) is 16.4 Å². The molecule has 0 aromatic heterocycles. The molecule has 0 unspecified atom stereocenters. The van der Waals surface area contributed by atoms with Gasteiger partial charge in [-0.15, -0.1) is 0 Å². The van der Waals surface area contributed by atoms with Crippen LogP contribution >= 0.6 is 23.8 Å². The van der Waals surface area contributed by atoms with Crippen LogP contribution in [0.25, 0.3) is 0 Å². The van der Waals surface area contributed by atoms with Crippen molar-refractivity contribution in [2.24, 2.45) is 0 Å². The lowest BCUT2D eigenvalue weighted by Crippen LogP contribution is -2.45. The summed E-state index contributed by atoms with van der Waals surface area (Å²) in [5.41, 5.74) is 2.50. The van der Waals surface area contributed by atoms with Crippen LogP contribution in [-0.4, -0.2) is 22.7 Å². The first kappa shape index (κ1) is 20.0. The van der Waals surface area contributed by atoms with Gasteiger partial charge < -0.3 is 25.8 Å². The zero-order valence-electron chi connectivity index (χ0n) is 15.4. The second-order valence-corrected chi connectivity index (χ2v) is 7.04. The fraction of sp³-hybridized carbons (Fsp3) is 0.200. The molecule has 1 amide bonds. The minimum Gasteiger partial charge on any atom is -0.504 e. The molecular formula is C20H20ClN3O3S. The van der Waals surface area contributed by atoms with Crippen molar-refractivity contribution < 1.29 is 14.6 Å². The van der Waals surface area contributed by atoms with E-state index in [1.165, 1.54) is 6.07 Å². The molecule has 6 nitrogen and oxygen atoms in total. The summed E-state index contributed by atoms with van der Waals surface area (Å²) in [7, 11) is 0. The van der Waals surface area contributed by atoms with Crippen molar-refractivity contribution in [2.45, 2.75) is 19.9 Å². The van der Waals surface area contributed by atoms with E-state index in [-0.39, 0.29) is 11.7 Å². The van der Waals surface area contributed by atoms with E-state index in [1.807, 2.05) is 6.92 Å². The van der Waals surface area contributed by atoms with Gasteiger partial charge in [-0.2, -0.15) is 0 Å². The molecule has 0 saturated heterocycles. The predicted molar refractivity (Wildman–Crippen MR) is 114 cm³/mol. The molecule has 2 aromatic rings. The van der Waals surface area contributed by atoms with Crippen LogP contribution in [0.1, 0.15) is 25.5 Å². The van der Waals surface area contributed by atoms with Crippen LogP contribution in [0.5, 0.6) is 11.5 Å². The Morgan fingerprint density at radius 1 is 1.29 bits per heavy atom. The standard InChI is InChI=1S/C20H20ClN3O3S/c1-3-27-16-10-12(4-9-15(16)25)18-17(11(2)22-20(28)24-18)19(26)23-14-7-5-13(21)6-8-14/h4-10,18,25H,3H2,1-2H3,(H,23,26)(H2,22,24,28)/t18-/m0/s1. The summed E-state index contributed by atoms with van der Waals surface area (Å²) in [6, 6.07) is 11.3. The summed E-state index contributed by atoms with van der Waals surface area (Å²) < 4.78 is 5.47. The number of thiocarbonyl (C=S) groups is 1. The molecule has 28 heavy (non-hydrogen) atoms. The number of benzene rings is 2. The monoisotopic (exact) mass is 417 g/mol. The first-order chi connectivity index (χ1) is 13.4. The molecular weight excluding hydrogens is 398 g/mol. The third-order valence-electron chi connectivity index (χ3n) is 4.23. The van der Waals surface area contributed by atoms with E-state index in [4.69, 9.17) is 28.6 Å². The smallest absolute Gasteiger partial charge is 0.255 e. The Kier molecular flexibility index (Phi) is 6.06. The van der Waals surface area contributed by atoms with Crippen molar-refractivity contribution in [3.05, 3.63) is 64.3 Å². The number of ether oxygens (including phenoxy) is 1. The van der Waals surface area contributed by atoms with E-state index in [9.17, 15) is 9.90 Å². The normalized spacial score (nSPS) is 16.2. The van der Waals surface area contributed by atoms with Crippen LogP contribution < -0.4 is 20.7 Å². The topological polar surface area (TPSA) is 82.6 Å². The summed E-state index contributed by atoms with van der Waals surface area (Å²) in [6.45, 7) is 4.04. The number of amides is 1. The minimum absolute atomic E-state index is 0.0370. The van der Waals surface area contributed by atoms with Gasteiger partial charge in [-0.25, -0.2) is 0 Å². The molecule has 1 aliphatic rings. The van der Waals surface area contributed by atoms with Gasteiger partial charge >= 0.3 is 0 Å². The van der Waals surface area contributed by atoms with Crippen LogP contribution in [0.4, 0.5) is 5.69 Å². The third kappa shape index (κ3) is 4.37. The second kappa shape index (κ2) is 8.50. The fourth-order valence-corrected chi connectivity index (χ4v) is 3.35. The largest absolute Gasteiger partial charge is 0.504 e. The number of carbonyl (C=O) groups is 1. The van der Waals surface area contributed by atoms with Crippen LogP contribution in [0, 0.1) is 0 Å². The van der Waals surface area contributed by atoms with Gasteiger partial charge in [0.2, 0.25) is 0 Å². The number of aromatic hydroxyl groups is 1. The summed E-state index contributed by atoms with van der Waals surface area (Å²) in [5, 5.41) is 20.0. The van der Waals surface area contributed by atoms with Crippen molar-refractivity contribution in [2.75, 3.05) is 11.9 Å². The molecule has 8 heteroatoms. The molecule has 0 saturated carbocycles. The van der Waals surface area contributed by atoms with E-state index in [2.05, 4.69) is 16.0 Å². The Labute approximate surface area is 173 Å². The zero-order chi connectivity index (χ0) is 20.3. The molecule has 0 fully saturated rings. The Balaban J connectivity index is 1.95. The molecule has 0 bridgehead atoms. The molecule has 1 aliphatic heterocycles. The Hall–Kier alpha value is -2.77. The Morgan fingerprint density at radius 2 is 2.00 bits per heavy atom. The summed E-state index contributed by atoms with van der Waals surface area (Å²) in [4.78, 5) is 13.0. The molecule has 0 spiro atoms. The zero-order valence-corrected chi connectivity index (χ0v) is 16.9. The number of nitrogens with one attached hydrogen (secondary N) is 3. The van der Waals surface area contributed by atoms with Gasteiger partial charge in [-0.3, -0.25) is 4.79 Å². The highest BCUT2D eigenvalue weighted by Gasteiger charge is 2.30. The average Bonchev–Trinajstić information content (AvgIpc) is 2.65. The minimum atomic E-state index is -0.499. The van der Waals surface area contributed by atoms with E-state index in [1.54, 1.807) is 43.3 Å². The van der Waals surface area contributed by atoms with Gasteiger partial charge in [0.1, 0.15) is 0 Å². The number of hydrogen-bond donors (Lipinski definition) is 4. The maximum absolute atomic E-state index is 13.0. The average molecular weight is 418 g/mol. The first-order valence-electron chi connectivity index (χ1n) is 8.70. The van der Waals surface area contributed by atoms with Crippen molar-refractivity contribution in [3.63, 3.8) is 0 Å². The number of phenols is 1. The highest BCUT2D eigenvalue weighted by atomic mass is 35.5. The highest BCUT2D eigenvalue weighted by molar-refractivity contribution is 7.80. The summed E-state index contributed by atoms with van der Waals surface area (Å²) >= 11 is 11.2. The number of hydrogen-bond acceptors (Lipinski definition) is 4. The Bertz CT molecular complexity index is 944. The predicted octanol–water partition coefficient (Wildman–Crippen LogP) is 3.88. The van der Waals surface area contributed by atoms with Crippen LogP contribution in [-0.2, 0) is 4.79 Å². The number of phenolic OH excluding ortho intramolecular Hbond substituents is 1. The van der Waals surface area contributed by atoms with E-state index < -0.39 is 6.04 Å². The maximum Gasteiger partial charge on any atom is 0.255 e. The van der Waals surface area contributed by atoms with E-state index in [0.29, 0.717) is 39.4 Å². The van der Waals surface area contributed by atoms with E-state index in [0.717, 1.165) is 5.56 Å². The number of carbonyl (C=O) groups excluding carboxylic acids is 1. The lowest BCUT2D eigenvalue weighted by atomic mass is 9.94. The van der Waals surface area contributed by atoms with Crippen molar-refractivity contribution >= 4 is 40.5 Å². The summed E-state index contributed by atoms with van der Waals surface area (Å²) in [6.07, 6.45) is 0. The molecule has 1 heterocycles. The third-order valence-corrected chi connectivity index (χ3v) is 4.70. The number of allylic oxidation sites excluding steroid dienone is 1. The van der Waals surface area contributed by atoms with Crippen molar-refractivity contribution in [1.29, 1.82) is 0 Å². The number of halogens is 1. The molecule has 2 aromatic carbocycles. The fourth-order valence-electron chi connectivity index (χ4n) is 2.96. The number of rotatable bonds is 5. The van der Waals surface area contributed by atoms with Gasteiger partial charge in [0.15, 0.2) is 16.6 Å². The van der Waals surface area contributed by atoms with Crippen molar-refractivity contribution in [1.82, 2.24) is 10.6 Å². The van der Waals surface area contributed by atoms with Crippen LogP contribution in [0.15, 0.2) is 53.7 Å². The maximum atomic E-state index is 13.0. The van der Waals surface area contributed by atoms with Gasteiger partial charge in [0.05, 0.1) is 18.2 Å². The van der Waals surface area contributed by atoms with E-state index >= 15 is 0 Å². The van der Waals surface area contributed by atoms with Gasteiger partial charge in [-0.05, 0) is 68.0 Å². The molecule has 146 valence electrons. The van der Waals surface area contributed by atoms with Crippen LogP contribution in [0.3, 0.4) is 0 Å². The highest BCUT2D eigenvalue weighted by Crippen LogP contribution is 2.34. The molecule has 4 N–H and O–H groups in total. The second-order valence-electron chi connectivity index (χ2n) is 6.19. The lowest BCUT2D eigenvalue weighted by molar-refractivity contribution is -0.113. The SMILES string of the molecule is CCOc1cc([C@@H]2NC(=S)NC(C)=C2C(=O)Nc2ccc(Cl)cc2)ccc1O. The lowest BCUT2D eigenvalue weighted by Gasteiger charge is -2.30. The van der Waals surface area contributed by atoms with Crippen molar-refractivity contribution in [3.8, 4) is 11.5 Å². The first-order valence-corrected chi connectivity index (χ1v) is 9.48. The molecule has 0 radical (unpaired) electrons. The van der Waals surface area contributed by atoms with Gasteiger partial charge in [-0.1, -0.05) is 17.7 Å².